The van der Waals surface area contributed by atoms with Crippen LogP contribution in [0.1, 0.15) is 0 Å². The fraction of sp³-hybridized carbons (Fsp3) is 0. The quantitative estimate of drug-likeness (QED) is 0.619. The third-order valence-corrected chi connectivity index (χ3v) is 3.33. The van der Waals surface area contributed by atoms with Gasteiger partial charge in [0.2, 0.25) is 0 Å². The van der Waals surface area contributed by atoms with Crippen molar-refractivity contribution in [1.82, 2.24) is 4.98 Å². The SMILES string of the molecule is O=c1[nH]c2cccc(F)c2c2sccc12. The molecule has 3 aromatic rings. The molecule has 74 valence electrons. The van der Waals surface area contributed by atoms with Crippen LogP contribution in [0.15, 0.2) is 34.4 Å². The lowest BCUT2D eigenvalue weighted by atomic mass is 10.2. The smallest absolute Gasteiger partial charge is 0.257 e. The molecule has 0 fully saturated rings. The molecule has 15 heavy (non-hydrogen) atoms. The molecule has 0 amide bonds. The Bertz CT molecular complexity index is 713. The van der Waals surface area contributed by atoms with Crippen molar-refractivity contribution in [2.24, 2.45) is 0 Å². The van der Waals surface area contributed by atoms with Gasteiger partial charge < -0.3 is 4.98 Å². The summed E-state index contributed by atoms with van der Waals surface area (Å²) in [5.41, 5.74) is 0.388. The minimum absolute atomic E-state index is 0.163. The second kappa shape index (κ2) is 2.90. The number of H-pyrrole nitrogens is 1. The first-order valence-corrected chi connectivity index (χ1v) is 5.33. The Labute approximate surface area is 88.0 Å². The second-order valence-corrected chi connectivity index (χ2v) is 4.20. The van der Waals surface area contributed by atoms with Crippen LogP contribution in [0.4, 0.5) is 4.39 Å². The number of halogens is 1. The molecule has 1 aromatic carbocycles. The molecule has 2 heterocycles. The van der Waals surface area contributed by atoms with Crippen molar-refractivity contribution in [2.75, 3.05) is 0 Å². The third-order valence-electron chi connectivity index (χ3n) is 2.40. The summed E-state index contributed by atoms with van der Waals surface area (Å²) in [7, 11) is 0. The zero-order valence-corrected chi connectivity index (χ0v) is 8.40. The van der Waals surface area contributed by atoms with E-state index < -0.39 is 0 Å². The van der Waals surface area contributed by atoms with Gasteiger partial charge in [-0.05, 0) is 23.6 Å². The van der Waals surface area contributed by atoms with Gasteiger partial charge in [0.15, 0.2) is 0 Å². The van der Waals surface area contributed by atoms with Crippen LogP contribution in [-0.4, -0.2) is 4.98 Å². The van der Waals surface area contributed by atoms with E-state index in [1.807, 2.05) is 0 Å². The molecule has 0 saturated heterocycles. The van der Waals surface area contributed by atoms with Gasteiger partial charge >= 0.3 is 0 Å². The third kappa shape index (κ3) is 1.11. The Morgan fingerprint density at radius 2 is 2.13 bits per heavy atom. The Morgan fingerprint density at radius 3 is 3.00 bits per heavy atom. The number of fused-ring (bicyclic) bond motifs is 3. The van der Waals surface area contributed by atoms with E-state index in [2.05, 4.69) is 4.98 Å². The lowest BCUT2D eigenvalue weighted by Crippen LogP contribution is -2.04. The average Bonchev–Trinajstić information content (AvgIpc) is 2.66. The van der Waals surface area contributed by atoms with Crippen molar-refractivity contribution < 1.29 is 4.39 Å². The van der Waals surface area contributed by atoms with Gasteiger partial charge in [-0.25, -0.2) is 4.39 Å². The Morgan fingerprint density at radius 1 is 1.27 bits per heavy atom. The van der Waals surface area contributed by atoms with Gasteiger partial charge in [-0.15, -0.1) is 11.3 Å². The fourth-order valence-corrected chi connectivity index (χ4v) is 2.68. The van der Waals surface area contributed by atoms with Crippen LogP contribution in [0.3, 0.4) is 0 Å². The standard InChI is InChI=1S/C11H6FNOS/c12-7-2-1-3-8-9(7)10-6(4-5-15-10)11(14)13-8/h1-5H,(H,13,14). The summed E-state index contributed by atoms with van der Waals surface area (Å²) in [6.45, 7) is 0. The summed E-state index contributed by atoms with van der Waals surface area (Å²) in [5, 5.41) is 2.85. The first kappa shape index (κ1) is 8.61. The molecule has 0 saturated carbocycles. The first-order valence-electron chi connectivity index (χ1n) is 4.45. The summed E-state index contributed by atoms with van der Waals surface area (Å²) >= 11 is 1.39. The van der Waals surface area contributed by atoms with Gasteiger partial charge in [0.05, 0.1) is 21.0 Å². The average molecular weight is 219 g/mol. The maximum absolute atomic E-state index is 13.6. The Balaban J connectivity index is 2.74. The van der Waals surface area contributed by atoms with Crippen molar-refractivity contribution >= 4 is 32.3 Å². The van der Waals surface area contributed by atoms with Gasteiger partial charge in [-0.1, -0.05) is 6.07 Å². The molecule has 3 rings (SSSR count). The van der Waals surface area contributed by atoms with Crippen molar-refractivity contribution in [1.29, 1.82) is 0 Å². The van der Waals surface area contributed by atoms with E-state index in [1.54, 1.807) is 23.6 Å². The molecule has 0 unspecified atom stereocenters. The predicted octanol–water partition coefficient (Wildman–Crippen LogP) is 2.88. The first-order chi connectivity index (χ1) is 7.27. The number of thiophene rings is 1. The molecular formula is C11H6FNOS. The van der Waals surface area contributed by atoms with Crippen molar-refractivity contribution in [3.63, 3.8) is 0 Å². The second-order valence-electron chi connectivity index (χ2n) is 3.28. The molecule has 2 aromatic heterocycles. The summed E-state index contributed by atoms with van der Waals surface area (Å²) in [4.78, 5) is 14.3. The molecule has 0 radical (unpaired) electrons. The van der Waals surface area contributed by atoms with Crippen LogP contribution in [-0.2, 0) is 0 Å². The highest BCUT2D eigenvalue weighted by Gasteiger charge is 2.09. The van der Waals surface area contributed by atoms with Gasteiger partial charge in [-0.2, -0.15) is 0 Å². The van der Waals surface area contributed by atoms with E-state index in [-0.39, 0.29) is 11.4 Å². The van der Waals surface area contributed by atoms with E-state index in [9.17, 15) is 9.18 Å². The lowest BCUT2D eigenvalue weighted by molar-refractivity contribution is 0.640. The minimum atomic E-state index is -0.295. The predicted molar refractivity (Wildman–Crippen MR) is 59.9 cm³/mol. The highest BCUT2D eigenvalue weighted by atomic mass is 32.1. The maximum Gasteiger partial charge on any atom is 0.257 e. The van der Waals surface area contributed by atoms with Crippen LogP contribution in [0.2, 0.25) is 0 Å². The molecule has 0 atom stereocenters. The fourth-order valence-electron chi connectivity index (χ4n) is 1.73. The molecule has 0 aliphatic carbocycles. The molecule has 0 aliphatic heterocycles. The van der Waals surface area contributed by atoms with Gasteiger partial charge in [0, 0.05) is 0 Å². The highest BCUT2D eigenvalue weighted by molar-refractivity contribution is 7.18. The summed E-state index contributed by atoms with van der Waals surface area (Å²) in [5.74, 6) is -0.295. The van der Waals surface area contributed by atoms with Crippen LogP contribution < -0.4 is 5.56 Å². The highest BCUT2D eigenvalue weighted by Crippen LogP contribution is 2.27. The van der Waals surface area contributed by atoms with Crippen LogP contribution in [0.25, 0.3) is 21.0 Å². The van der Waals surface area contributed by atoms with E-state index >= 15 is 0 Å². The number of aromatic nitrogens is 1. The molecule has 0 spiro atoms. The molecule has 0 bridgehead atoms. The van der Waals surface area contributed by atoms with Crippen LogP contribution in [0, 0.1) is 5.82 Å². The number of aromatic amines is 1. The molecule has 1 N–H and O–H groups in total. The Hall–Kier alpha value is -1.68. The summed E-state index contributed by atoms with van der Waals surface area (Å²) in [6.07, 6.45) is 0. The topological polar surface area (TPSA) is 32.9 Å². The zero-order chi connectivity index (χ0) is 10.4. The van der Waals surface area contributed by atoms with Crippen molar-refractivity contribution in [3.05, 3.63) is 45.8 Å². The summed E-state index contributed by atoms with van der Waals surface area (Å²) in [6, 6.07) is 6.41. The number of rotatable bonds is 0. The van der Waals surface area contributed by atoms with Crippen LogP contribution >= 0.6 is 11.3 Å². The molecule has 4 heteroatoms. The summed E-state index contributed by atoms with van der Waals surface area (Å²) < 4.78 is 14.3. The van der Waals surface area contributed by atoms with Gasteiger partial charge in [0.25, 0.3) is 5.56 Å². The van der Waals surface area contributed by atoms with E-state index in [1.165, 1.54) is 17.4 Å². The maximum atomic E-state index is 13.6. The zero-order valence-electron chi connectivity index (χ0n) is 7.58. The largest absolute Gasteiger partial charge is 0.321 e. The number of hydrogen-bond acceptors (Lipinski definition) is 2. The lowest BCUT2D eigenvalue weighted by Gasteiger charge is -1.99. The van der Waals surface area contributed by atoms with E-state index in [0.717, 1.165) is 0 Å². The Kier molecular flexibility index (Phi) is 1.67. The monoisotopic (exact) mass is 219 g/mol. The number of pyridine rings is 1. The molecule has 2 nitrogen and oxygen atoms in total. The van der Waals surface area contributed by atoms with E-state index in [0.29, 0.717) is 21.0 Å². The number of hydrogen-bond donors (Lipinski definition) is 1. The molecule has 0 aliphatic rings. The van der Waals surface area contributed by atoms with Crippen molar-refractivity contribution in [2.45, 2.75) is 0 Å². The van der Waals surface area contributed by atoms with Gasteiger partial charge in [0.1, 0.15) is 5.82 Å². The van der Waals surface area contributed by atoms with Gasteiger partial charge in [-0.3, -0.25) is 4.79 Å². The van der Waals surface area contributed by atoms with E-state index in [4.69, 9.17) is 0 Å². The number of nitrogens with one attached hydrogen (secondary N) is 1. The van der Waals surface area contributed by atoms with Crippen LogP contribution in [0.5, 0.6) is 0 Å². The van der Waals surface area contributed by atoms with Crippen molar-refractivity contribution in [3.8, 4) is 0 Å². The normalized spacial score (nSPS) is 11.3. The molecular weight excluding hydrogens is 213 g/mol. The number of benzene rings is 1. The minimum Gasteiger partial charge on any atom is -0.321 e.